The van der Waals surface area contributed by atoms with Crippen LogP contribution in [0.4, 0.5) is 4.39 Å². The van der Waals surface area contributed by atoms with E-state index < -0.39 is 12.1 Å². The number of hydrogen-bond acceptors (Lipinski definition) is 3. The van der Waals surface area contributed by atoms with Crippen LogP contribution in [0, 0.1) is 5.82 Å². The Morgan fingerprint density at radius 3 is 2.57 bits per heavy atom. The SMILES string of the molecule is CC(=O)OCC(O)c1ccc(F)cc1. The molecule has 14 heavy (non-hydrogen) atoms. The molecule has 3 nitrogen and oxygen atoms in total. The first-order valence-corrected chi connectivity index (χ1v) is 4.16. The van der Waals surface area contributed by atoms with E-state index in [2.05, 4.69) is 4.74 Å². The summed E-state index contributed by atoms with van der Waals surface area (Å²) in [4.78, 5) is 10.4. The van der Waals surface area contributed by atoms with Crippen molar-refractivity contribution in [3.63, 3.8) is 0 Å². The molecule has 0 fully saturated rings. The van der Waals surface area contributed by atoms with E-state index in [4.69, 9.17) is 0 Å². The molecule has 0 aliphatic heterocycles. The van der Waals surface area contributed by atoms with Crippen molar-refractivity contribution in [1.29, 1.82) is 0 Å². The van der Waals surface area contributed by atoms with Crippen molar-refractivity contribution in [3.05, 3.63) is 35.6 Å². The molecule has 0 saturated heterocycles. The Hall–Kier alpha value is -1.42. The van der Waals surface area contributed by atoms with Gasteiger partial charge in [-0.15, -0.1) is 0 Å². The van der Waals surface area contributed by atoms with E-state index in [1.807, 2.05) is 0 Å². The first kappa shape index (κ1) is 10.7. The Kier molecular flexibility index (Phi) is 3.59. The molecule has 0 aromatic heterocycles. The Labute approximate surface area is 81.1 Å². The molecule has 0 amide bonds. The summed E-state index contributed by atoms with van der Waals surface area (Å²) in [5.74, 6) is -0.820. The lowest BCUT2D eigenvalue weighted by Crippen LogP contribution is -2.10. The Balaban J connectivity index is 2.56. The molecule has 0 aliphatic rings. The summed E-state index contributed by atoms with van der Waals surface area (Å²) in [6.07, 6.45) is -0.903. The van der Waals surface area contributed by atoms with Gasteiger partial charge in [0.05, 0.1) is 0 Å². The number of carbonyl (C=O) groups is 1. The number of aliphatic hydroxyl groups excluding tert-OH is 1. The van der Waals surface area contributed by atoms with Gasteiger partial charge < -0.3 is 9.84 Å². The van der Waals surface area contributed by atoms with Gasteiger partial charge in [-0.1, -0.05) is 12.1 Å². The third-order valence-corrected chi connectivity index (χ3v) is 1.70. The normalized spacial score (nSPS) is 12.2. The topological polar surface area (TPSA) is 46.5 Å². The second-order valence-electron chi connectivity index (χ2n) is 2.87. The number of hydrogen-bond donors (Lipinski definition) is 1. The zero-order valence-corrected chi connectivity index (χ0v) is 7.74. The molecule has 1 atom stereocenters. The van der Waals surface area contributed by atoms with Gasteiger partial charge >= 0.3 is 5.97 Å². The van der Waals surface area contributed by atoms with Crippen molar-refractivity contribution >= 4 is 5.97 Å². The van der Waals surface area contributed by atoms with E-state index in [-0.39, 0.29) is 12.4 Å². The third-order valence-electron chi connectivity index (χ3n) is 1.70. The van der Waals surface area contributed by atoms with E-state index in [9.17, 15) is 14.3 Å². The first-order chi connectivity index (χ1) is 6.59. The Morgan fingerprint density at radius 2 is 2.07 bits per heavy atom. The molecule has 1 rings (SSSR count). The second-order valence-corrected chi connectivity index (χ2v) is 2.87. The number of ether oxygens (including phenoxy) is 1. The van der Waals surface area contributed by atoms with Gasteiger partial charge in [-0.25, -0.2) is 4.39 Å². The average Bonchev–Trinajstić information content (AvgIpc) is 2.15. The predicted molar refractivity (Wildman–Crippen MR) is 48.0 cm³/mol. The van der Waals surface area contributed by atoms with Crippen LogP contribution in [0.25, 0.3) is 0 Å². The zero-order valence-electron chi connectivity index (χ0n) is 7.74. The van der Waals surface area contributed by atoms with Crippen molar-refractivity contribution in [2.45, 2.75) is 13.0 Å². The highest BCUT2D eigenvalue weighted by atomic mass is 19.1. The van der Waals surface area contributed by atoms with Crippen LogP contribution in [0.3, 0.4) is 0 Å². The quantitative estimate of drug-likeness (QED) is 0.747. The Morgan fingerprint density at radius 1 is 1.50 bits per heavy atom. The Bertz CT molecular complexity index is 308. The monoisotopic (exact) mass is 198 g/mol. The third kappa shape index (κ3) is 3.14. The van der Waals surface area contributed by atoms with Crippen molar-refractivity contribution in [3.8, 4) is 0 Å². The highest BCUT2D eigenvalue weighted by Gasteiger charge is 2.08. The average molecular weight is 198 g/mol. The van der Waals surface area contributed by atoms with Crippen LogP contribution in [-0.4, -0.2) is 17.7 Å². The molecule has 1 unspecified atom stereocenters. The van der Waals surface area contributed by atoms with Gasteiger partial charge in [-0.2, -0.15) is 0 Å². The molecule has 1 aromatic rings. The van der Waals surface area contributed by atoms with Crippen molar-refractivity contribution in [1.82, 2.24) is 0 Å². The smallest absolute Gasteiger partial charge is 0.302 e. The van der Waals surface area contributed by atoms with Gasteiger partial charge in [0, 0.05) is 6.92 Å². The summed E-state index contributed by atoms with van der Waals surface area (Å²) in [6.45, 7) is 1.15. The number of rotatable bonds is 3. The van der Waals surface area contributed by atoms with Crippen LogP contribution >= 0.6 is 0 Å². The molecule has 0 aliphatic carbocycles. The van der Waals surface area contributed by atoms with Crippen LogP contribution < -0.4 is 0 Å². The van der Waals surface area contributed by atoms with E-state index in [0.717, 1.165) is 0 Å². The molecule has 0 saturated carbocycles. The van der Waals surface area contributed by atoms with Crippen LogP contribution in [0.15, 0.2) is 24.3 Å². The molecule has 0 bridgehead atoms. The number of benzene rings is 1. The fourth-order valence-corrected chi connectivity index (χ4v) is 0.977. The van der Waals surface area contributed by atoms with Crippen molar-refractivity contribution < 1.29 is 19.0 Å². The minimum Gasteiger partial charge on any atom is -0.463 e. The minimum atomic E-state index is -0.903. The molecule has 4 heteroatoms. The van der Waals surface area contributed by atoms with Gasteiger partial charge in [-0.3, -0.25) is 4.79 Å². The molecule has 0 heterocycles. The lowest BCUT2D eigenvalue weighted by molar-refractivity contribution is -0.144. The molecule has 0 spiro atoms. The molecule has 0 radical (unpaired) electrons. The number of carbonyl (C=O) groups excluding carboxylic acids is 1. The minimum absolute atomic E-state index is 0.110. The summed E-state index contributed by atoms with van der Waals surface area (Å²) >= 11 is 0. The summed E-state index contributed by atoms with van der Waals surface area (Å²) in [5.41, 5.74) is 0.521. The number of esters is 1. The van der Waals surface area contributed by atoms with Crippen molar-refractivity contribution in [2.24, 2.45) is 0 Å². The maximum absolute atomic E-state index is 12.5. The summed E-state index contributed by atoms with van der Waals surface area (Å²) < 4.78 is 17.1. The van der Waals surface area contributed by atoms with Crippen LogP contribution in [0.5, 0.6) is 0 Å². The van der Waals surface area contributed by atoms with E-state index in [1.165, 1.54) is 31.2 Å². The van der Waals surface area contributed by atoms with Gasteiger partial charge in [0.25, 0.3) is 0 Å². The number of halogens is 1. The zero-order chi connectivity index (χ0) is 10.6. The highest BCUT2D eigenvalue weighted by Crippen LogP contribution is 2.13. The highest BCUT2D eigenvalue weighted by molar-refractivity contribution is 5.65. The second kappa shape index (κ2) is 4.72. The molecular formula is C10H11FO3. The molecule has 1 N–H and O–H groups in total. The summed E-state index contributed by atoms with van der Waals surface area (Å²) in [6, 6.07) is 5.38. The lowest BCUT2D eigenvalue weighted by atomic mass is 10.1. The fourth-order valence-electron chi connectivity index (χ4n) is 0.977. The maximum Gasteiger partial charge on any atom is 0.302 e. The van der Waals surface area contributed by atoms with E-state index in [1.54, 1.807) is 0 Å². The standard InChI is InChI=1S/C10H11FO3/c1-7(12)14-6-10(13)8-2-4-9(11)5-3-8/h2-5,10,13H,6H2,1H3. The predicted octanol–water partition coefficient (Wildman–Crippen LogP) is 1.42. The van der Waals surface area contributed by atoms with Gasteiger partial charge in [0.15, 0.2) is 0 Å². The van der Waals surface area contributed by atoms with Crippen LogP contribution in [-0.2, 0) is 9.53 Å². The van der Waals surface area contributed by atoms with Crippen LogP contribution in [0.1, 0.15) is 18.6 Å². The largest absolute Gasteiger partial charge is 0.463 e. The fraction of sp³-hybridized carbons (Fsp3) is 0.300. The van der Waals surface area contributed by atoms with E-state index in [0.29, 0.717) is 5.56 Å². The summed E-state index contributed by atoms with van der Waals surface area (Å²) in [7, 11) is 0. The molecule has 1 aromatic carbocycles. The van der Waals surface area contributed by atoms with E-state index >= 15 is 0 Å². The van der Waals surface area contributed by atoms with Crippen LogP contribution in [0.2, 0.25) is 0 Å². The van der Waals surface area contributed by atoms with Gasteiger partial charge in [0.2, 0.25) is 0 Å². The summed E-state index contributed by atoms with van der Waals surface area (Å²) in [5, 5.41) is 9.46. The maximum atomic E-state index is 12.5. The van der Waals surface area contributed by atoms with Gasteiger partial charge in [-0.05, 0) is 17.7 Å². The van der Waals surface area contributed by atoms with Gasteiger partial charge in [0.1, 0.15) is 18.5 Å². The lowest BCUT2D eigenvalue weighted by Gasteiger charge is -2.10. The molecule has 76 valence electrons. The first-order valence-electron chi connectivity index (χ1n) is 4.16. The number of aliphatic hydroxyl groups is 1. The molecular weight excluding hydrogens is 187 g/mol. The van der Waals surface area contributed by atoms with Crippen molar-refractivity contribution in [2.75, 3.05) is 6.61 Å².